The second-order valence-electron chi connectivity index (χ2n) is 5.46. The van der Waals surface area contributed by atoms with Crippen LogP contribution < -0.4 is 11.1 Å². The molecule has 0 saturated heterocycles. The molecule has 0 aliphatic carbocycles. The second kappa shape index (κ2) is 9.43. The lowest BCUT2D eigenvalue weighted by molar-refractivity contribution is 0.179. The van der Waals surface area contributed by atoms with Gasteiger partial charge < -0.3 is 15.8 Å². The van der Waals surface area contributed by atoms with Crippen molar-refractivity contribution in [2.24, 2.45) is 10.7 Å². The number of nitrogens with zero attached hydrogens (tertiary/aromatic N) is 1. The van der Waals surface area contributed by atoms with Crippen LogP contribution in [0.3, 0.4) is 0 Å². The van der Waals surface area contributed by atoms with Crippen LogP contribution in [0, 0.1) is 0 Å². The maximum atomic E-state index is 5.85. The van der Waals surface area contributed by atoms with Crippen molar-refractivity contribution in [1.29, 1.82) is 0 Å². The van der Waals surface area contributed by atoms with Crippen LogP contribution in [0.5, 0.6) is 0 Å². The largest absolute Gasteiger partial charge is 0.383 e. The Labute approximate surface area is 142 Å². The first-order chi connectivity index (χ1) is 11.2. The fourth-order valence-electron chi connectivity index (χ4n) is 2.42. The molecule has 5 heteroatoms. The Morgan fingerprint density at radius 3 is 2.87 bits per heavy atom. The lowest BCUT2D eigenvalue weighted by Crippen LogP contribution is -2.40. The third-order valence-electron chi connectivity index (χ3n) is 3.47. The minimum absolute atomic E-state index is 0.173. The van der Waals surface area contributed by atoms with Gasteiger partial charge in [0.1, 0.15) is 0 Å². The SMILES string of the molecule is COCC(C)NC(N)=NCCSCc1cccc2ccccc12. The third-order valence-corrected chi connectivity index (χ3v) is 4.45. The number of aliphatic imine (C=N–C) groups is 1. The predicted octanol–water partition coefficient (Wildman–Crippen LogP) is 3.01. The van der Waals surface area contributed by atoms with Gasteiger partial charge in [-0.25, -0.2) is 0 Å². The van der Waals surface area contributed by atoms with Crippen molar-refractivity contribution < 1.29 is 4.74 Å². The number of hydrogen-bond donors (Lipinski definition) is 2. The van der Waals surface area contributed by atoms with Crippen molar-refractivity contribution >= 4 is 28.5 Å². The van der Waals surface area contributed by atoms with E-state index in [4.69, 9.17) is 10.5 Å². The highest BCUT2D eigenvalue weighted by molar-refractivity contribution is 7.98. The quantitative estimate of drug-likeness (QED) is 0.443. The summed E-state index contributed by atoms with van der Waals surface area (Å²) in [6, 6.07) is 15.1. The molecule has 0 aliphatic heterocycles. The Bertz CT molecular complexity index is 640. The summed E-state index contributed by atoms with van der Waals surface area (Å²) < 4.78 is 5.05. The molecule has 0 saturated carbocycles. The number of methoxy groups -OCH3 is 1. The Kier molecular flexibility index (Phi) is 7.23. The van der Waals surface area contributed by atoms with Gasteiger partial charge >= 0.3 is 0 Å². The smallest absolute Gasteiger partial charge is 0.188 e. The number of fused-ring (bicyclic) bond motifs is 1. The van der Waals surface area contributed by atoms with Gasteiger partial charge in [-0.3, -0.25) is 4.99 Å². The van der Waals surface area contributed by atoms with Crippen molar-refractivity contribution in [2.75, 3.05) is 26.0 Å². The summed E-state index contributed by atoms with van der Waals surface area (Å²) in [4.78, 5) is 4.35. The molecule has 124 valence electrons. The molecule has 0 radical (unpaired) electrons. The van der Waals surface area contributed by atoms with Crippen LogP contribution in [-0.2, 0) is 10.5 Å². The minimum Gasteiger partial charge on any atom is -0.383 e. The molecule has 2 aromatic carbocycles. The van der Waals surface area contributed by atoms with Crippen LogP contribution in [0.4, 0.5) is 0 Å². The maximum absolute atomic E-state index is 5.85. The lowest BCUT2D eigenvalue weighted by Gasteiger charge is -2.13. The number of thioether (sulfide) groups is 1. The number of nitrogens with one attached hydrogen (secondary N) is 1. The number of rotatable bonds is 8. The van der Waals surface area contributed by atoms with Crippen molar-refractivity contribution in [3.8, 4) is 0 Å². The molecular formula is C18H25N3OS. The lowest BCUT2D eigenvalue weighted by atomic mass is 10.1. The van der Waals surface area contributed by atoms with Gasteiger partial charge in [-0.2, -0.15) is 11.8 Å². The highest BCUT2D eigenvalue weighted by Gasteiger charge is 2.02. The third kappa shape index (κ3) is 5.77. The van der Waals surface area contributed by atoms with E-state index in [-0.39, 0.29) is 6.04 Å². The molecule has 0 fully saturated rings. The van der Waals surface area contributed by atoms with E-state index in [1.54, 1.807) is 7.11 Å². The fraction of sp³-hybridized carbons (Fsp3) is 0.389. The molecule has 0 heterocycles. The summed E-state index contributed by atoms with van der Waals surface area (Å²) in [6.07, 6.45) is 0. The van der Waals surface area contributed by atoms with Crippen LogP contribution in [0.2, 0.25) is 0 Å². The summed E-state index contributed by atoms with van der Waals surface area (Å²) in [6.45, 7) is 3.35. The molecule has 0 amide bonds. The number of ether oxygens (including phenoxy) is 1. The summed E-state index contributed by atoms with van der Waals surface area (Å²) in [5, 5.41) is 5.74. The number of guanidine groups is 1. The molecule has 2 rings (SSSR count). The summed E-state index contributed by atoms with van der Waals surface area (Å²) in [7, 11) is 1.68. The van der Waals surface area contributed by atoms with Gasteiger partial charge in [-0.05, 0) is 23.3 Å². The Morgan fingerprint density at radius 2 is 2.04 bits per heavy atom. The Morgan fingerprint density at radius 1 is 1.26 bits per heavy atom. The van der Waals surface area contributed by atoms with Gasteiger partial charge in [-0.1, -0.05) is 42.5 Å². The molecular weight excluding hydrogens is 306 g/mol. The fourth-order valence-corrected chi connectivity index (χ4v) is 3.26. The van der Waals surface area contributed by atoms with Crippen molar-refractivity contribution in [3.63, 3.8) is 0 Å². The number of benzene rings is 2. The van der Waals surface area contributed by atoms with Gasteiger partial charge in [-0.15, -0.1) is 0 Å². The van der Waals surface area contributed by atoms with Crippen molar-refractivity contribution in [3.05, 3.63) is 48.0 Å². The van der Waals surface area contributed by atoms with E-state index in [0.717, 1.165) is 11.5 Å². The number of hydrogen-bond acceptors (Lipinski definition) is 3. The Hall–Kier alpha value is -1.72. The van der Waals surface area contributed by atoms with Crippen LogP contribution >= 0.6 is 11.8 Å². The number of nitrogens with two attached hydrogens (primary N) is 1. The Balaban J connectivity index is 1.77. The van der Waals surface area contributed by atoms with E-state index >= 15 is 0 Å². The molecule has 23 heavy (non-hydrogen) atoms. The van der Waals surface area contributed by atoms with Crippen molar-refractivity contribution in [1.82, 2.24) is 5.32 Å². The predicted molar refractivity (Wildman–Crippen MR) is 101 cm³/mol. The first-order valence-electron chi connectivity index (χ1n) is 7.80. The first kappa shape index (κ1) is 17.6. The molecule has 0 aliphatic rings. The first-order valence-corrected chi connectivity index (χ1v) is 8.96. The molecule has 2 aromatic rings. The van der Waals surface area contributed by atoms with Crippen LogP contribution in [-0.4, -0.2) is 38.0 Å². The molecule has 0 bridgehead atoms. The average Bonchev–Trinajstić information content (AvgIpc) is 2.55. The zero-order valence-electron chi connectivity index (χ0n) is 13.8. The van der Waals surface area contributed by atoms with Gasteiger partial charge in [0.05, 0.1) is 13.2 Å². The van der Waals surface area contributed by atoms with E-state index in [2.05, 4.69) is 52.8 Å². The topological polar surface area (TPSA) is 59.6 Å². The van der Waals surface area contributed by atoms with Gasteiger partial charge in [0.25, 0.3) is 0 Å². The second-order valence-corrected chi connectivity index (χ2v) is 6.56. The van der Waals surface area contributed by atoms with Crippen molar-refractivity contribution in [2.45, 2.75) is 18.7 Å². The van der Waals surface area contributed by atoms with E-state index in [1.807, 2.05) is 18.7 Å². The summed E-state index contributed by atoms with van der Waals surface area (Å²) in [5.41, 5.74) is 7.22. The molecule has 3 N–H and O–H groups in total. The molecule has 0 spiro atoms. The monoisotopic (exact) mass is 331 g/mol. The van der Waals surface area contributed by atoms with Gasteiger partial charge in [0.15, 0.2) is 5.96 Å². The zero-order chi connectivity index (χ0) is 16.5. The molecule has 1 unspecified atom stereocenters. The summed E-state index contributed by atoms with van der Waals surface area (Å²) in [5.74, 6) is 2.43. The molecule has 1 atom stereocenters. The average molecular weight is 331 g/mol. The van der Waals surface area contributed by atoms with E-state index in [1.165, 1.54) is 16.3 Å². The maximum Gasteiger partial charge on any atom is 0.188 e. The van der Waals surface area contributed by atoms with Gasteiger partial charge in [0, 0.05) is 24.7 Å². The van der Waals surface area contributed by atoms with Crippen LogP contribution in [0.15, 0.2) is 47.5 Å². The minimum atomic E-state index is 0.173. The zero-order valence-corrected chi connectivity index (χ0v) is 14.6. The standard InChI is InChI=1S/C18H25N3OS/c1-14(12-22-2)21-18(19)20-10-11-23-13-16-8-5-7-15-6-3-4-9-17(15)16/h3-9,14H,10-13H2,1-2H3,(H3,19,20,21). The van der Waals surface area contributed by atoms with E-state index in [9.17, 15) is 0 Å². The van der Waals surface area contributed by atoms with Crippen LogP contribution in [0.1, 0.15) is 12.5 Å². The highest BCUT2D eigenvalue weighted by Crippen LogP contribution is 2.22. The van der Waals surface area contributed by atoms with E-state index in [0.29, 0.717) is 19.1 Å². The summed E-state index contributed by atoms with van der Waals surface area (Å²) >= 11 is 1.88. The normalized spacial score (nSPS) is 13.2. The van der Waals surface area contributed by atoms with Crippen LogP contribution in [0.25, 0.3) is 10.8 Å². The molecule has 4 nitrogen and oxygen atoms in total. The van der Waals surface area contributed by atoms with Gasteiger partial charge in [0.2, 0.25) is 0 Å². The van der Waals surface area contributed by atoms with E-state index < -0.39 is 0 Å². The highest BCUT2D eigenvalue weighted by atomic mass is 32.2. The molecule has 0 aromatic heterocycles.